The molecule has 1 aliphatic heterocycles. The lowest BCUT2D eigenvalue weighted by Crippen LogP contribution is -2.38. The summed E-state index contributed by atoms with van der Waals surface area (Å²) in [6.45, 7) is 6.14. The maximum absolute atomic E-state index is 13.4. The fraction of sp³-hybridized carbons (Fsp3) is 0.400. The number of para-hydroxylation sites is 3. The fourth-order valence-electron chi connectivity index (χ4n) is 3.80. The monoisotopic (exact) mass is 467 g/mol. The normalized spacial score (nSPS) is 14.9. The molecule has 4 rings (SSSR count). The van der Waals surface area contributed by atoms with Gasteiger partial charge in [-0.05, 0) is 37.6 Å². The molecule has 0 radical (unpaired) electrons. The Balaban J connectivity index is 1.58. The summed E-state index contributed by atoms with van der Waals surface area (Å²) in [5, 5.41) is 1.06. The zero-order valence-electron chi connectivity index (χ0n) is 19.0. The number of rotatable bonds is 9. The van der Waals surface area contributed by atoms with Gasteiger partial charge < -0.3 is 14.4 Å². The van der Waals surface area contributed by atoms with Gasteiger partial charge in [0, 0.05) is 13.1 Å². The molecule has 3 aromatic rings. The zero-order valence-corrected chi connectivity index (χ0v) is 19.8. The number of carbonyl (C=O) groups excluding carboxylic acids is 1. The van der Waals surface area contributed by atoms with E-state index in [2.05, 4.69) is 6.92 Å². The second kappa shape index (κ2) is 10.7. The smallest absolute Gasteiger partial charge is 0.262 e. The van der Waals surface area contributed by atoms with Crippen LogP contribution in [0.1, 0.15) is 26.7 Å². The number of fused-ring (bicyclic) bond motifs is 2. The van der Waals surface area contributed by atoms with Crippen molar-refractivity contribution < 1.29 is 14.3 Å². The molecule has 0 N–H and O–H groups in total. The van der Waals surface area contributed by atoms with Crippen molar-refractivity contribution in [2.24, 2.45) is 0 Å². The van der Waals surface area contributed by atoms with Gasteiger partial charge in [0.25, 0.3) is 5.56 Å². The third kappa shape index (κ3) is 5.33. The first-order chi connectivity index (χ1) is 16.1. The predicted molar refractivity (Wildman–Crippen MR) is 130 cm³/mol. The third-order valence-electron chi connectivity index (χ3n) is 5.62. The number of hydrogen-bond acceptors (Lipinski definition) is 6. The van der Waals surface area contributed by atoms with Gasteiger partial charge in [0.05, 0.1) is 23.2 Å². The van der Waals surface area contributed by atoms with E-state index in [-0.39, 0.29) is 29.9 Å². The highest BCUT2D eigenvalue weighted by molar-refractivity contribution is 7.99. The van der Waals surface area contributed by atoms with Gasteiger partial charge in [-0.2, -0.15) is 0 Å². The second-order valence-electron chi connectivity index (χ2n) is 7.94. The van der Waals surface area contributed by atoms with E-state index in [1.165, 1.54) is 11.8 Å². The Bertz CT molecular complexity index is 1180. The third-order valence-corrected chi connectivity index (χ3v) is 6.58. The van der Waals surface area contributed by atoms with Crippen LogP contribution < -0.4 is 15.0 Å². The average Bonchev–Trinajstić information content (AvgIpc) is 2.85. The first-order valence-electron chi connectivity index (χ1n) is 11.4. The number of thioether (sulfide) groups is 1. The number of hydrogen-bond donors (Lipinski definition) is 0. The minimum Gasteiger partial charge on any atom is -0.486 e. The first-order valence-corrected chi connectivity index (χ1v) is 12.4. The Kier molecular flexibility index (Phi) is 7.54. The molecular formula is C25H29N3O4S. The van der Waals surface area contributed by atoms with E-state index in [1.807, 2.05) is 54.3 Å². The fourth-order valence-corrected chi connectivity index (χ4v) is 4.71. The van der Waals surface area contributed by atoms with Crippen LogP contribution in [-0.2, 0) is 11.3 Å². The quantitative estimate of drug-likeness (QED) is 0.350. The molecular weight excluding hydrogens is 438 g/mol. The van der Waals surface area contributed by atoms with Crippen LogP contribution in [0.2, 0.25) is 0 Å². The summed E-state index contributed by atoms with van der Waals surface area (Å²) in [6.07, 6.45) is 1.67. The summed E-state index contributed by atoms with van der Waals surface area (Å²) in [6, 6.07) is 14.8. The van der Waals surface area contributed by atoms with Gasteiger partial charge in [-0.25, -0.2) is 4.98 Å². The number of benzene rings is 2. The number of nitrogens with zero attached hydrogens (tertiary/aromatic N) is 3. The number of ether oxygens (including phenoxy) is 2. The lowest BCUT2D eigenvalue weighted by molar-refractivity contribution is -0.128. The number of amides is 1. The standard InChI is InChI=1S/C25H29N3O4S/c1-3-5-14-27(4-2)23(29)17-33-25-26-20-11-7-6-10-19(20)24(30)28(25)15-18-16-31-21-12-8-9-13-22(21)32-18/h6-13,18H,3-5,14-17H2,1-2H3/t18-/m0/s1. The van der Waals surface area contributed by atoms with Crippen molar-refractivity contribution in [3.63, 3.8) is 0 Å². The van der Waals surface area contributed by atoms with Gasteiger partial charge in [-0.15, -0.1) is 0 Å². The van der Waals surface area contributed by atoms with Crippen molar-refractivity contribution in [1.29, 1.82) is 0 Å². The van der Waals surface area contributed by atoms with Gasteiger partial charge in [0.1, 0.15) is 6.61 Å². The molecule has 0 fully saturated rings. The SMILES string of the molecule is CCCCN(CC)C(=O)CSc1nc2ccccc2c(=O)n1C[C@H]1COc2ccccc2O1. The Morgan fingerprint density at radius 2 is 1.91 bits per heavy atom. The highest BCUT2D eigenvalue weighted by Crippen LogP contribution is 2.31. The van der Waals surface area contributed by atoms with E-state index < -0.39 is 0 Å². The topological polar surface area (TPSA) is 73.7 Å². The van der Waals surface area contributed by atoms with E-state index >= 15 is 0 Å². The molecule has 1 aliphatic rings. The van der Waals surface area contributed by atoms with Crippen molar-refractivity contribution >= 4 is 28.6 Å². The summed E-state index contributed by atoms with van der Waals surface area (Å²) >= 11 is 1.30. The molecule has 1 aromatic heterocycles. The van der Waals surface area contributed by atoms with Gasteiger partial charge in [0.15, 0.2) is 22.8 Å². The average molecular weight is 468 g/mol. The van der Waals surface area contributed by atoms with Gasteiger partial charge in [0.2, 0.25) is 5.91 Å². The molecule has 7 nitrogen and oxygen atoms in total. The lowest BCUT2D eigenvalue weighted by Gasteiger charge is -2.27. The van der Waals surface area contributed by atoms with Crippen molar-refractivity contribution in [3.8, 4) is 11.5 Å². The maximum atomic E-state index is 13.4. The largest absolute Gasteiger partial charge is 0.486 e. The number of unbranched alkanes of at least 4 members (excludes halogenated alkanes) is 1. The van der Waals surface area contributed by atoms with Crippen LogP contribution in [0.4, 0.5) is 0 Å². The van der Waals surface area contributed by atoms with Gasteiger partial charge in [-0.1, -0.05) is 49.4 Å². The van der Waals surface area contributed by atoms with Crippen LogP contribution in [0.15, 0.2) is 58.5 Å². The number of aromatic nitrogens is 2. The van der Waals surface area contributed by atoms with E-state index in [4.69, 9.17) is 14.5 Å². The minimum atomic E-state index is -0.340. The highest BCUT2D eigenvalue weighted by Gasteiger charge is 2.24. The molecule has 0 saturated carbocycles. The molecule has 8 heteroatoms. The van der Waals surface area contributed by atoms with Crippen LogP contribution in [0.25, 0.3) is 10.9 Å². The van der Waals surface area contributed by atoms with Crippen molar-refractivity contribution in [2.45, 2.75) is 44.5 Å². The summed E-state index contributed by atoms with van der Waals surface area (Å²) in [4.78, 5) is 32.7. The summed E-state index contributed by atoms with van der Waals surface area (Å²) in [5.74, 6) is 1.64. The highest BCUT2D eigenvalue weighted by atomic mass is 32.2. The van der Waals surface area contributed by atoms with Crippen LogP contribution in [0.3, 0.4) is 0 Å². The molecule has 0 bridgehead atoms. The molecule has 1 atom stereocenters. The van der Waals surface area contributed by atoms with Crippen molar-refractivity contribution in [1.82, 2.24) is 14.5 Å². The van der Waals surface area contributed by atoms with Crippen molar-refractivity contribution in [3.05, 3.63) is 58.9 Å². The summed E-state index contributed by atoms with van der Waals surface area (Å²) in [5.41, 5.74) is 0.481. The Morgan fingerprint density at radius 3 is 2.70 bits per heavy atom. The Labute approximate surface area is 197 Å². The van der Waals surface area contributed by atoms with E-state index in [0.29, 0.717) is 40.7 Å². The zero-order chi connectivity index (χ0) is 23.2. The molecule has 2 aromatic carbocycles. The predicted octanol–water partition coefficient (Wildman–Crippen LogP) is 3.98. The molecule has 0 spiro atoms. The van der Waals surface area contributed by atoms with Crippen LogP contribution in [-0.4, -0.2) is 51.9 Å². The van der Waals surface area contributed by atoms with Crippen LogP contribution >= 0.6 is 11.8 Å². The second-order valence-corrected chi connectivity index (χ2v) is 8.88. The van der Waals surface area contributed by atoms with Crippen LogP contribution in [0.5, 0.6) is 11.5 Å². The van der Waals surface area contributed by atoms with Gasteiger partial charge >= 0.3 is 0 Å². The molecule has 0 aliphatic carbocycles. The minimum absolute atomic E-state index is 0.0519. The molecule has 174 valence electrons. The number of carbonyl (C=O) groups is 1. The Morgan fingerprint density at radius 1 is 1.15 bits per heavy atom. The van der Waals surface area contributed by atoms with Crippen LogP contribution in [0, 0.1) is 0 Å². The van der Waals surface area contributed by atoms with E-state index in [9.17, 15) is 9.59 Å². The van der Waals surface area contributed by atoms with E-state index in [0.717, 1.165) is 19.4 Å². The molecule has 0 unspecified atom stereocenters. The molecule has 0 saturated heterocycles. The summed E-state index contributed by atoms with van der Waals surface area (Å²) in [7, 11) is 0. The van der Waals surface area contributed by atoms with Gasteiger partial charge in [-0.3, -0.25) is 14.2 Å². The van der Waals surface area contributed by atoms with Crippen molar-refractivity contribution in [2.75, 3.05) is 25.4 Å². The molecule has 2 heterocycles. The Hall–Kier alpha value is -3.00. The lowest BCUT2D eigenvalue weighted by atomic mass is 10.2. The summed E-state index contributed by atoms with van der Waals surface area (Å²) < 4.78 is 13.5. The van der Waals surface area contributed by atoms with E-state index in [1.54, 1.807) is 10.6 Å². The molecule has 33 heavy (non-hydrogen) atoms. The first kappa shape index (κ1) is 23.2. The maximum Gasteiger partial charge on any atom is 0.262 e. The molecule has 1 amide bonds.